The Balaban J connectivity index is 3.53. The Labute approximate surface area is 105 Å². The number of methoxy groups -OCH3 is 1. The number of ether oxygens (including phenoxy) is 1. The van der Waals surface area contributed by atoms with Gasteiger partial charge in [-0.25, -0.2) is 5.84 Å². The predicted octanol–water partition coefficient (Wildman–Crippen LogP) is -0.226. The summed E-state index contributed by atoms with van der Waals surface area (Å²) in [6.07, 6.45) is 3.18. The van der Waals surface area contributed by atoms with Crippen molar-refractivity contribution in [1.29, 1.82) is 0 Å². The first-order chi connectivity index (χ1) is 8.20. The van der Waals surface area contributed by atoms with Crippen molar-refractivity contribution in [1.82, 2.24) is 15.6 Å². The molecule has 0 rings (SSSR count). The molecular formula is C11H27N5O. The molecule has 0 aromatic rings. The van der Waals surface area contributed by atoms with E-state index in [4.69, 9.17) is 10.6 Å². The molecule has 0 spiro atoms. The van der Waals surface area contributed by atoms with Crippen molar-refractivity contribution in [3.63, 3.8) is 0 Å². The van der Waals surface area contributed by atoms with Gasteiger partial charge in [0.1, 0.15) is 0 Å². The molecule has 102 valence electrons. The van der Waals surface area contributed by atoms with Gasteiger partial charge in [-0.2, -0.15) is 0 Å². The van der Waals surface area contributed by atoms with Gasteiger partial charge in [-0.3, -0.25) is 10.4 Å². The fourth-order valence-corrected chi connectivity index (χ4v) is 1.31. The van der Waals surface area contributed by atoms with Crippen LogP contribution >= 0.6 is 0 Å². The molecule has 0 atom stereocenters. The molecule has 0 aliphatic heterocycles. The third kappa shape index (κ3) is 11.4. The largest absolute Gasteiger partial charge is 0.385 e. The number of nitrogens with zero attached hydrogens (tertiary/aromatic N) is 2. The number of nitrogens with two attached hydrogens (primary N) is 1. The normalized spacial score (nSPS) is 11.9. The van der Waals surface area contributed by atoms with E-state index in [2.05, 4.69) is 34.7 Å². The van der Waals surface area contributed by atoms with Crippen molar-refractivity contribution in [3.05, 3.63) is 0 Å². The SMILES string of the molecule is COCCCN=C(NN)NCCCCN(C)C. The van der Waals surface area contributed by atoms with Crippen molar-refractivity contribution in [3.8, 4) is 0 Å². The Morgan fingerprint density at radius 3 is 2.65 bits per heavy atom. The van der Waals surface area contributed by atoms with Gasteiger partial charge in [-0.1, -0.05) is 0 Å². The van der Waals surface area contributed by atoms with Crippen molar-refractivity contribution in [2.45, 2.75) is 19.3 Å². The molecule has 0 heterocycles. The van der Waals surface area contributed by atoms with Gasteiger partial charge in [0.25, 0.3) is 0 Å². The minimum absolute atomic E-state index is 0.658. The maximum Gasteiger partial charge on any atom is 0.205 e. The lowest BCUT2D eigenvalue weighted by Gasteiger charge is -2.11. The molecule has 6 heteroatoms. The molecule has 0 amide bonds. The van der Waals surface area contributed by atoms with Gasteiger partial charge in [-0.15, -0.1) is 0 Å². The molecule has 0 unspecified atom stereocenters. The molecule has 0 aliphatic carbocycles. The summed E-state index contributed by atoms with van der Waals surface area (Å²) in [7, 11) is 5.85. The van der Waals surface area contributed by atoms with Crippen LogP contribution in [0.3, 0.4) is 0 Å². The number of rotatable bonds is 9. The number of hydrazine groups is 1. The molecule has 0 radical (unpaired) electrons. The first kappa shape index (κ1) is 16.1. The number of hydrogen-bond acceptors (Lipinski definition) is 4. The van der Waals surface area contributed by atoms with E-state index in [0.29, 0.717) is 5.96 Å². The molecule has 4 N–H and O–H groups in total. The lowest BCUT2D eigenvalue weighted by atomic mass is 10.3. The van der Waals surface area contributed by atoms with Crippen LogP contribution in [0, 0.1) is 0 Å². The number of hydrogen-bond donors (Lipinski definition) is 3. The van der Waals surface area contributed by atoms with Crippen LogP contribution in [0.1, 0.15) is 19.3 Å². The summed E-state index contributed by atoms with van der Waals surface area (Å²) in [5.74, 6) is 6.03. The fourth-order valence-electron chi connectivity index (χ4n) is 1.31. The Kier molecular flexibility index (Phi) is 11.0. The topological polar surface area (TPSA) is 74.9 Å². The molecule has 0 aliphatic rings. The maximum absolute atomic E-state index is 5.37. The third-order valence-corrected chi connectivity index (χ3v) is 2.24. The monoisotopic (exact) mass is 245 g/mol. The van der Waals surface area contributed by atoms with Gasteiger partial charge >= 0.3 is 0 Å². The van der Waals surface area contributed by atoms with Gasteiger partial charge in [0, 0.05) is 26.8 Å². The van der Waals surface area contributed by atoms with E-state index in [1.54, 1.807) is 7.11 Å². The van der Waals surface area contributed by atoms with Crippen molar-refractivity contribution >= 4 is 5.96 Å². The Morgan fingerprint density at radius 1 is 1.29 bits per heavy atom. The second-order valence-electron chi connectivity index (χ2n) is 4.16. The fraction of sp³-hybridized carbons (Fsp3) is 0.909. The van der Waals surface area contributed by atoms with Crippen LogP contribution in [0.4, 0.5) is 0 Å². The van der Waals surface area contributed by atoms with E-state index >= 15 is 0 Å². The van der Waals surface area contributed by atoms with Crippen LogP contribution < -0.4 is 16.6 Å². The summed E-state index contributed by atoms with van der Waals surface area (Å²) >= 11 is 0. The van der Waals surface area contributed by atoms with E-state index in [1.807, 2.05) is 0 Å². The van der Waals surface area contributed by atoms with E-state index in [-0.39, 0.29) is 0 Å². The van der Waals surface area contributed by atoms with Crippen LogP contribution in [0.25, 0.3) is 0 Å². The molecule has 0 aromatic heterocycles. The highest BCUT2D eigenvalue weighted by Crippen LogP contribution is 1.89. The molecule has 0 bridgehead atoms. The number of nitrogens with one attached hydrogen (secondary N) is 2. The highest BCUT2D eigenvalue weighted by molar-refractivity contribution is 5.79. The van der Waals surface area contributed by atoms with Crippen molar-refractivity contribution in [2.24, 2.45) is 10.8 Å². The van der Waals surface area contributed by atoms with Crippen LogP contribution in [-0.4, -0.2) is 58.3 Å². The van der Waals surface area contributed by atoms with Crippen LogP contribution in [0.15, 0.2) is 4.99 Å². The highest BCUT2D eigenvalue weighted by atomic mass is 16.5. The Bertz CT molecular complexity index is 196. The molecule has 0 fully saturated rings. The lowest BCUT2D eigenvalue weighted by molar-refractivity contribution is 0.197. The highest BCUT2D eigenvalue weighted by Gasteiger charge is 1.95. The first-order valence-electron chi connectivity index (χ1n) is 6.09. The van der Waals surface area contributed by atoms with E-state index in [9.17, 15) is 0 Å². The van der Waals surface area contributed by atoms with Gasteiger partial charge < -0.3 is 15.0 Å². The second kappa shape index (κ2) is 11.6. The van der Waals surface area contributed by atoms with E-state index < -0.39 is 0 Å². The zero-order valence-electron chi connectivity index (χ0n) is 11.3. The Hall–Kier alpha value is -0.850. The van der Waals surface area contributed by atoms with Crippen LogP contribution in [0.2, 0.25) is 0 Å². The zero-order chi connectivity index (χ0) is 12.9. The van der Waals surface area contributed by atoms with Crippen molar-refractivity contribution in [2.75, 3.05) is 47.4 Å². The number of unbranched alkanes of at least 4 members (excludes halogenated alkanes) is 1. The first-order valence-corrected chi connectivity index (χ1v) is 6.09. The summed E-state index contributed by atoms with van der Waals surface area (Å²) < 4.78 is 4.95. The summed E-state index contributed by atoms with van der Waals surface area (Å²) in [6, 6.07) is 0. The van der Waals surface area contributed by atoms with Gasteiger partial charge in [0.2, 0.25) is 5.96 Å². The van der Waals surface area contributed by atoms with Gasteiger partial charge in [0.15, 0.2) is 0 Å². The third-order valence-electron chi connectivity index (χ3n) is 2.24. The molecule has 0 saturated heterocycles. The minimum Gasteiger partial charge on any atom is -0.385 e. The molecule has 0 aromatic carbocycles. The Morgan fingerprint density at radius 2 is 2.06 bits per heavy atom. The number of guanidine groups is 1. The summed E-state index contributed by atoms with van der Waals surface area (Å²) in [4.78, 5) is 6.47. The predicted molar refractivity (Wildman–Crippen MR) is 71.9 cm³/mol. The standard InChI is InChI=1S/C11H27N5O/c1-16(2)9-5-4-7-13-11(15-12)14-8-6-10-17-3/h4-10,12H2,1-3H3,(H2,13,14,15). The quantitative estimate of drug-likeness (QED) is 0.172. The lowest BCUT2D eigenvalue weighted by Crippen LogP contribution is -2.42. The molecule has 0 saturated carbocycles. The number of aliphatic imine (C=N–C) groups is 1. The van der Waals surface area contributed by atoms with Crippen LogP contribution in [-0.2, 0) is 4.74 Å². The smallest absolute Gasteiger partial charge is 0.205 e. The molecule has 6 nitrogen and oxygen atoms in total. The van der Waals surface area contributed by atoms with Gasteiger partial charge in [-0.05, 0) is 39.9 Å². The van der Waals surface area contributed by atoms with Crippen LogP contribution in [0.5, 0.6) is 0 Å². The van der Waals surface area contributed by atoms with Crippen molar-refractivity contribution < 1.29 is 4.74 Å². The van der Waals surface area contributed by atoms with Gasteiger partial charge in [0.05, 0.1) is 0 Å². The second-order valence-corrected chi connectivity index (χ2v) is 4.16. The zero-order valence-corrected chi connectivity index (χ0v) is 11.3. The maximum atomic E-state index is 5.37. The molecular weight excluding hydrogens is 218 g/mol. The molecule has 17 heavy (non-hydrogen) atoms. The summed E-state index contributed by atoms with van der Waals surface area (Å²) in [5, 5.41) is 3.17. The van der Waals surface area contributed by atoms with E-state index in [1.165, 1.54) is 6.42 Å². The average molecular weight is 245 g/mol. The minimum atomic E-state index is 0.658. The average Bonchev–Trinajstić information content (AvgIpc) is 2.31. The summed E-state index contributed by atoms with van der Waals surface area (Å²) in [6.45, 7) is 3.45. The summed E-state index contributed by atoms with van der Waals surface area (Å²) in [5.41, 5.74) is 2.57. The van der Waals surface area contributed by atoms with E-state index in [0.717, 1.165) is 39.1 Å².